The number of fused-ring (bicyclic) bond motifs is 2. The third kappa shape index (κ3) is 2.34. The van der Waals surface area contributed by atoms with Crippen LogP contribution < -0.4 is 0 Å². The van der Waals surface area contributed by atoms with Crippen LogP contribution in [0.15, 0.2) is 18.2 Å². The molecule has 0 amide bonds. The van der Waals surface area contributed by atoms with Crippen LogP contribution in [0.2, 0.25) is 0 Å². The Labute approximate surface area is 143 Å². The second kappa shape index (κ2) is 5.60. The highest BCUT2D eigenvalue weighted by molar-refractivity contribution is 5.80. The van der Waals surface area contributed by atoms with E-state index in [-0.39, 0.29) is 16.8 Å². The van der Waals surface area contributed by atoms with Crippen LogP contribution in [0.4, 0.5) is 0 Å². The number of rotatable bonds is 4. The van der Waals surface area contributed by atoms with Gasteiger partial charge in [-0.3, -0.25) is 4.79 Å². The lowest BCUT2D eigenvalue weighted by atomic mass is 9.81. The van der Waals surface area contributed by atoms with Crippen LogP contribution in [0.25, 0.3) is 0 Å². The van der Waals surface area contributed by atoms with E-state index in [0.29, 0.717) is 6.61 Å². The van der Waals surface area contributed by atoms with Crippen LogP contribution in [0, 0.1) is 16.7 Å². The average Bonchev–Trinajstić information content (AvgIpc) is 3.13. The molecule has 2 aliphatic carbocycles. The van der Waals surface area contributed by atoms with Gasteiger partial charge in [-0.25, -0.2) is 0 Å². The number of hydrogen-bond donors (Lipinski definition) is 0. The highest BCUT2D eigenvalue weighted by Gasteiger charge is 2.54. The first-order chi connectivity index (χ1) is 11.6. The van der Waals surface area contributed by atoms with Crippen molar-refractivity contribution in [1.29, 1.82) is 5.26 Å². The summed E-state index contributed by atoms with van der Waals surface area (Å²) >= 11 is 0. The summed E-state index contributed by atoms with van der Waals surface area (Å²) in [5.41, 5.74) is 3.43. The minimum atomic E-state index is -0.239. The van der Waals surface area contributed by atoms with Crippen LogP contribution in [0.5, 0.6) is 0 Å². The fourth-order valence-corrected chi connectivity index (χ4v) is 4.76. The Morgan fingerprint density at radius 3 is 2.88 bits per heavy atom. The molecule has 1 heterocycles. The smallest absolute Gasteiger partial charge is 0.313 e. The predicted octanol–water partition coefficient (Wildman–Crippen LogP) is 2.79. The summed E-state index contributed by atoms with van der Waals surface area (Å²) in [7, 11) is 0. The Morgan fingerprint density at radius 1 is 1.33 bits per heavy atom. The number of nitriles is 1. The maximum Gasteiger partial charge on any atom is 0.313 e. The fourth-order valence-electron chi connectivity index (χ4n) is 4.76. The molecule has 3 aliphatic rings. The monoisotopic (exact) mass is 324 g/mol. The van der Waals surface area contributed by atoms with Gasteiger partial charge in [0, 0.05) is 18.5 Å². The molecule has 4 rings (SSSR count). The summed E-state index contributed by atoms with van der Waals surface area (Å²) < 4.78 is 5.28. The van der Waals surface area contributed by atoms with Crippen molar-refractivity contribution in [2.75, 3.05) is 26.2 Å². The van der Waals surface area contributed by atoms with E-state index in [2.05, 4.69) is 17.0 Å². The van der Waals surface area contributed by atoms with Gasteiger partial charge in [-0.15, -0.1) is 0 Å². The van der Waals surface area contributed by atoms with Crippen molar-refractivity contribution in [1.82, 2.24) is 4.90 Å². The molecule has 4 nitrogen and oxygen atoms in total. The minimum Gasteiger partial charge on any atom is -0.466 e. The first-order valence-corrected chi connectivity index (χ1v) is 9.05. The highest BCUT2D eigenvalue weighted by atomic mass is 16.5. The lowest BCUT2D eigenvalue weighted by Gasteiger charge is -2.27. The Hall–Kier alpha value is -1.86. The van der Waals surface area contributed by atoms with Gasteiger partial charge < -0.3 is 9.64 Å². The van der Waals surface area contributed by atoms with E-state index in [0.717, 1.165) is 57.3 Å². The Bertz CT molecular complexity index is 717. The molecule has 1 aliphatic heterocycles. The molecular weight excluding hydrogens is 300 g/mol. The van der Waals surface area contributed by atoms with Crippen LogP contribution in [-0.4, -0.2) is 37.1 Å². The van der Waals surface area contributed by atoms with Gasteiger partial charge >= 0.3 is 5.97 Å². The molecular formula is C20H24N2O2. The Balaban J connectivity index is 1.51. The van der Waals surface area contributed by atoms with Crippen LogP contribution in [0.1, 0.15) is 49.3 Å². The van der Waals surface area contributed by atoms with Gasteiger partial charge in [-0.1, -0.05) is 12.1 Å². The van der Waals surface area contributed by atoms with Crippen molar-refractivity contribution in [3.8, 4) is 6.07 Å². The molecule has 0 bridgehead atoms. The molecule has 0 aromatic heterocycles. The zero-order valence-corrected chi connectivity index (χ0v) is 14.3. The SMILES string of the molecule is CCOC(=O)C1(CN2CCC3(CCc4c(C#N)cccc43)C2)CC1. The van der Waals surface area contributed by atoms with Crippen molar-refractivity contribution in [3.63, 3.8) is 0 Å². The van der Waals surface area contributed by atoms with Gasteiger partial charge in [0.1, 0.15) is 0 Å². The van der Waals surface area contributed by atoms with Crippen LogP contribution in [0.3, 0.4) is 0 Å². The molecule has 0 N–H and O–H groups in total. The largest absolute Gasteiger partial charge is 0.466 e. The summed E-state index contributed by atoms with van der Waals surface area (Å²) in [6.45, 7) is 5.23. The van der Waals surface area contributed by atoms with E-state index < -0.39 is 0 Å². The number of ether oxygens (including phenoxy) is 1. The zero-order chi connectivity index (χ0) is 16.8. The summed E-state index contributed by atoms with van der Waals surface area (Å²) in [6, 6.07) is 8.52. The van der Waals surface area contributed by atoms with Gasteiger partial charge in [0.15, 0.2) is 0 Å². The summed E-state index contributed by atoms with van der Waals surface area (Å²) in [5.74, 6) is -0.00969. The van der Waals surface area contributed by atoms with Crippen molar-refractivity contribution < 1.29 is 9.53 Å². The normalized spacial score (nSPS) is 27.0. The molecule has 1 atom stereocenters. The summed E-state index contributed by atoms with van der Waals surface area (Å²) in [5, 5.41) is 9.35. The van der Waals surface area contributed by atoms with E-state index in [4.69, 9.17) is 4.74 Å². The predicted molar refractivity (Wildman–Crippen MR) is 90.5 cm³/mol. The molecule has 2 fully saturated rings. The fraction of sp³-hybridized carbons (Fsp3) is 0.600. The second-order valence-corrected chi connectivity index (χ2v) is 7.69. The first-order valence-electron chi connectivity index (χ1n) is 9.05. The topological polar surface area (TPSA) is 53.3 Å². The number of benzene rings is 1. The van der Waals surface area contributed by atoms with Crippen LogP contribution in [-0.2, 0) is 21.4 Å². The summed E-state index contributed by atoms with van der Waals surface area (Å²) in [6.07, 6.45) is 5.20. The van der Waals surface area contributed by atoms with Gasteiger partial charge in [-0.2, -0.15) is 5.26 Å². The third-order valence-corrected chi connectivity index (χ3v) is 6.24. The Kier molecular flexibility index (Phi) is 3.65. The molecule has 4 heteroatoms. The maximum atomic E-state index is 12.2. The molecule has 1 saturated carbocycles. The van der Waals surface area contributed by atoms with Gasteiger partial charge in [-0.05, 0) is 62.8 Å². The number of carbonyl (C=O) groups is 1. The van der Waals surface area contributed by atoms with E-state index in [9.17, 15) is 10.1 Å². The van der Waals surface area contributed by atoms with Crippen molar-refractivity contribution in [2.45, 2.75) is 44.4 Å². The molecule has 1 saturated heterocycles. The quantitative estimate of drug-likeness (QED) is 0.799. The first kappa shape index (κ1) is 15.7. The number of esters is 1. The average molecular weight is 324 g/mol. The zero-order valence-electron chi connectivity index (χ0n) is 14.3. The molecule has 126 valence electrons. The van der Waals surface area contributed by atoms with Gasteiger partial charge in [0.2, 0.25) is 0 Å². The number of hydrogen-bond acceptors (Lipinski definition) is 4. The standard InChI is InChI=1S/C20H24N2O2/c1-2-24-18(23)20(8-9-20)14-22-11-10-19(13-22)7-6-16-15(12-21)4-3-5-17(16)19/h3-5H,2,6-11,13-14H2,1H3. The third-order valence-electron chi connectivity index (χ3n) is 6.24. The highest BCUT2D eigenvalue weighted by Crippen LogP contribution is 2.51. The molecule has 1 aromatic carbocycles. The number of carbonyl (C=O) groups excluding carboxylic acids is 1. The molecule has 0 radical (unpaired) electrons. The molecule has 1 aromatic rings. The van der Waals surface area contributed by atoms with E-state index >= 15 is 0 Å². The van der Waals surface area contributed by atoms with E-state index in [1.807, 2.05) is 19.1 Å². The van der Waals surface area contributed by atoms with Crippen LogP contribution >= 0.6 is 0 Å². The minimum absolute atomic E-state index is 0.00969. The van der Waals surface area contributed by atoms with Gasteiger partial charge in [0.05, 0.1) is 23.7 Å². The Morgan fingerprint density at radius 2 is 2.17 bits per heavy atom. The van der Waals surface area contributed by atoms with Crippen molar-refractivity contribution in [3.05, 3.63) is 34.9 Å². The van der Waals surface area contributed by atoms with E-state index in [1.165, 1.54) is 11.1 Å². The lowest BCUT2D eigenvalue weighted by molar-refractivity contribution is -0.150. The molecule has 1 unspecified atom stereocenters. The molecule has 1 spiro atoms. The number of nitrogens with zero attached hydrogens (tertiary/aromatic N) is 2. The lowest BCUT2D eigenvalue weighted by Crippen LogP contribution is -2.36. The summed E-state index contributed by atoms with van der Waals surface area (Å²) in [4.78, 5) is 14.7. The maximum absolute atomic E-state index is 12.2. The number of likely N-dealkylation sites (tertiary alicyclic amines) is 1. The second-order valence-electron chi connectivity index (χ2n) is 7.69. The van der Waals surface area contributed by atoms with Crippen molar-refractivity contribution in [2.24, 2.45) is 5.41 Å². The van der Waals surface area contributed by atoms with Gasteiger partial charge in [0.25, 0.3) is 0 Å². The van der Waals surface area contributed by atoms with Crippen molar-refractivity contribution >= 4 is 5.97 Å². The van der Waals surface area contributed by atoms with E-state index in [1.54, 1.807) is 0 Å². The molecule has 24 heavy (non-hydrogen) atoms.